The maximum atomic E-state index is 13.7. The Labute approximate surface area is 127 Å². The molecule has 0 bridgehead atoms. The van der Waals surface area contributed by atoms with E-state index >= 15 is 0 Å². The minimum atomic E-state index is -0.859. The standard InChI is InChI=1S/C15H16FN5O/c16-11-6-12(21(10-11)15-2-1-5-19-20-15)8-18-9-14-4-3-13(7-17)22-14/h1-5,11-12,18H,6,8-10H2/t11-,12-/m0/s1. The van der Waals surface area contributed by atoms with Crippen molar-refractivity contribution in [3.05, 3.63) is 42.0 Å². The number of hydrogen-bond donors (Lipinski definition) is 1. The van der Waals surface area contributed by atoms with Crippen LogP contribution in [0.4, 0.5) is 10.2 Å². The Morgan fingerprint density at radius 3 is 3.09 bits per heavy atom. The Hall–Kier alpha value is -2.46. The van der Waals surface area contributed by atoms with Crippen LogP contribution in [-0.4, -0.2) is 35.5 Å². The lowest BCUT2D eigenvalue weighted by atomic mass is 10.2. The first-order valence-electron chi connectivity index (χ1n) is 7.14. The molecule has 0 amide bonds. The van der Waals surface area contributed by atoms with Gasteiger partial charge in [0, 0.05) is 25.2 Å². The van der Waals surface area contributed by atoms with Crippen molar-refractivity contribution in [2.75, 3.05) is 18.0 Å². The zero-order chi connectivity index (χ0) is 15.4. The van der Waals surface area contributed by atoms with Gasteiger partial charge < -0.3 is 14.6 Å². The summed E-state index contributed by atoms with van der Waals surface area (Å²) in [6, 6.07) is 9.00. The summed E-state index contributed by atoms with van der Waals surface area (Å²) in [6.45, 7) is 1.45. The zero-order valence-corrected chi connectivity index (χ0v) is 11.9. The fraction of sp³-hybridized carbons (Fsp3) is 0.400. The van der Waals surface area contributed by atoms with E-state index in [2.05, 4.69) is 15.5 Å². The maximum Gasteiger partial charge on any atom is 0.203 e. The third-order valence-electron chi connectivity index (χ3n) is 3.67. The Balaban J connectivity index is 1.57. The van der Waals surface area contributed by atoms with E-state index < -0.39 is 6.17 Å². The molecule has 2 aromatic rings. The molecule has 0 saturated carbocycles. The van der Waals surface area contributed by atoms with Crippen LogP contribution < -0.4 is 10.2 Å². The number of nitrogens with one attached hydrogen (secondary N) is 1. The van der Waals surface area contributed by atoms with Crippen molar-refractivity contribution in [3.8, 4) is 6.07 Å². The molecule has 1 aliphatic heterocycles. The summed E-state index contributed by atoms with van der Waals surface area (Å²) in [4.78, 5) is 1.94. The second-order valence-electron chi connectivity index (χ2n) is 5.23. The molecule has 1 saturated heterocycles. The van der Waals surface area contributed by atoms with Gasteiger partial charge in [0.15, 0.2) is 5.82 Å². The van der Waals surface area contributed by atoms with E-state index in [1.807, 2.05) is 17.0 Å². The molecule has 3 heterocycles. The van der Waals surface area contributed by atoms with Gasteiger partial charge in [0.2, 0.25) is 5.76 Å². The van der Waals surface area contributed by atoms with Crippen LogP contribution in [-0.2, 0) is 6.54 Å². The summed E-state index contributed by atoms with van der Waals surface area (Å²) in [5.41, 5.74) is 0. The normalized spacial score (nSPS) is 21.0. The third kappa shape index (κ3) is 3.23. The van der Waals surface area contributed by atoms with Crippen LogP contribution in [0.15, 0.2) is 34.9 Å². The van der Waals surface area contributed by atoms with Crippen LogP contribution in [0.3, 0.4) is 0 Å². The van der Waals surface area contributed by atoms with Gasteiger partial charge in [-0.15, -0.1) is 5.10 Å². The largest absolute Gasteiger partial charge is 0.449 e. The topological polar surface area (TPSA) is 78.0 Å². The number of halogens is 1. The highest BCUT2D eigenvalue weighted by Gasteiger charge is 2.32. The number of furan rings is 1. The van der Waals surface area contributed by atoms with Gasteiger partial charge in [-0.05, 0) is 24.3 Å². The Morgan fingerprint density at radius 2 is 2.36 bits per heavy atom. The number of nitriles is 1. The van der Waals surface area contributed by atoms with Crippen LogP contribution in [0.1, 0.15) is 17.9 Å². The van der Waals surface area contributed by atoms with Crippen molar-refractivity contribution in [2.45, 2.75) is 25.2 Å². The van der Waals surface area contributed by atoms with Crippen molar-refractivity contribution < 1.29 is 8.81 Å². The molecular weight excluding hydrogens is 285 g/mol. The lowest BCUT2D eigenvalue weighted by Gasteiger charge is -2.24. The summed E-state index contributed by atoms with van der Waals surface area (Å²) >= 11 is 0. The highest BCUT2D eigenvalue weighted by molar-refractivity contribution is 5.40. The molecular formula is C15H16FN5O. The second kappa shape index (κ2) is 6.54. The summed E-state index contributed by atoms with van der Waals surface area (Å²) in [6.07, 6.45) is 1.21. The number of rotatable bonds is 5. The highest BCUT2D eigenvalue weighted by atomic mass is 19.1. The molecule has 0 unspecified atom stereocenters. The Morgan fingerprint density at radius 1 is 1.45 bits per heavy atom. The molecule has 7 heteroatoms. The molecule has 2 aromatic heterocycles. The number of nitrogens with zero attached hydrogens (tertiary/aromatic N) is 4. The quantitative estimate of drug-likeness (QED) is 0.904. The van der Waals surface area contributed by atoms with E-state index in [-0.39, 0.29) is 6.04 Å². The van der Waals surface area contributed by atoms with Crippen molar-refractivity contribution in [1.29, 1.82) is 5.26 Å². The monoisotopic (exact) mass is 301 g/mol. The molecule has 0 aliphatic carbocycles. The predicted octanol–water partition coefficient (Wildman–Crippen LogP) is 1.65. The van der Waals surface area contributed by atoms with E-state index in [1.54, 1.807) is 24.4 Å². The van der Waals surface area contributed by atoms with E-state index in [0.717, 1.165) is 0 Å². The van der Waals surface area contributed by atoms with Crippen molar-refractivity contribution in [2.24, 2.45) is 0 Å². The molecule has 114 valence electrons. The summed E-state index contributed by atoms with van der Waals surface area (Å²) in [7, 11) is 0. The van der Waals surface area contributed by atoms with Gasteiger partial charge in [-0.2, -0.15) is 10.4 Å². The van der Waals surface area contributed by atoms with E-state index in [9.17, 15) is 4.39 Å². The lowest BCUT2D eigenvalue weighted by Crippen LogP contribution is -2.38. The predicted molar refractivity (Wildman–Crippen MR) is 77.8 cm³/mol. The van der Waals surface area contributed by atoms with E-state index in [0.29, 0.717) is 43.4 Å². The first-order chi connectivity index (χ1) is 10.8. The van der Waals surface area contributed by atoms with Crippen LogP contribution in [0.25, 0.3) is 0 Å². The van der Waals surface area contributed by atoms with Crippen LogP contribution in [0.5, 0.6) is 0 Å². The highest BCUT2D eigenvalue weighted by Crippen LogP contribution is 2.24. The van der Waals surface area contributed by atoms with Gasteiger partial charge >= 0.3 is 0 Å². The Kier molecular flexibility index (Phi) is 4.30. The van der Waals surface area contributed by atoms with Crippen LogP contribution >= 0.6 is 0 Å². The Bertz CT molecular complexity index is 653. The lowest BCUT2D eigenvalue weighted by molar-refractivity contribution is 0.353. The van der Waals surface area contributed by atoms with Gasteiger partial charge in [0.05, 0.1) is 13.1 Å². The van der Waals surface area contributed by atoms with Crippen LogP contribution in [0.2, 0.25) is 0 Å². The third-order valence-corrected chi connectivity index (χ3v) is 3.67. The zero-order valence-electron chi connectivity index (χ0n) is 11.9. The van der Waals surface area contributed by atoms with Gasteiger partial charge in [-0.25, -0.2) is 4.39 Å². The average molecular weight is 301 g/mol. The number of aromatic nitrogens is 2. The molecule has 3 rings (SSSR count). The molecule has 1 fully saturated rings. The smallest absolute Gasteiger partial charge is 0.203 e. The van der Waals surface area contributed by atoms with Crippen molar-refractivity contribution >= 4 is 5.82 Å². The van der Waals surface area contributed by atoms with E-state index in [4.69, 9.17) is 9.68 Å². The maximum absolute atomic E-state index is 13.7. The molecule has 6 nitrogen and oxygen atoms in total. The molecule has 0 spiro atoms. The number of hydrogen-bond acceptors (Lipinski definition) is 6. The number of anilines is 1. The van der Waals surface area contributed by atoms with E-state index in [1.165, 1.54) is 0 Å². The van der Waals surface area contributed by atoms with Crippen molar-refractivity contribution in [1.82, 2.24) is 15.5 Å². The average Bonchev–Trinajstić information content (AvgIpc) is 3.15. The van der Waals surface area contributed by atoms with Crippen LogP contribution in [0, 0.1) is 11.3 Å². The molecule has 2 atom stereocenters. The van der Waals surface area contributed by atoms with Gasteiger partial charge in [0.25, 0.3) is 0 Å². The minimum absolute atomic E-state index is 0.0251. The van der Waals surface area contributed by atoms with Crippen molar-refractivity contribution in [3.63, 3.8) is 0 Å². The summed E-state index contributed by atoms with van der Waals surface area (Å²) in [5, 5.41) is 19.9. The molecule has 0 radical (unpaired) electrons. The second-order valence-corrected chi connectivity index (χ2v) is 5.23. The van der Waals surface area contributed by atoms with Gasteiger partial charge in [0.1, 0.15) is 18.0 Å². The first-order valence-corrected chi connectivity index (χ1v) is 7.14. The summed E-state index contributed by atoms with van der Waals surface area (Å²) < 4.78 is 19.0. The number of alkyl halides is 1. The SMILES string of the molecule is N#Cc1ccc(CNC[C@@H]2C[C@H](F)CN2c2cccnn2)o1. The fourth-order valence-electron chi connectivity index (χ4n) is 2.68. The molecule has 22 heavy (non-hydrogen) atoms. The van der Waals surface area contributed by atoms with Gasteiger partial charge in [-0.1, -0.05) is 0 Å². The van der Waals surface area contributed by atoms with Gasteiger partial charge in [-0.3, -0.25) is 0 Å². The molecule has 1 N–H and O–H groups in total. The minimum Gasteiger partial charge on any atom is -0.449 e. The summed E-state index contributed by atoms with van der Waals surface area (Å²) in [5.74, 6) is 1.68. The first kappa shape index (κ1) is 14.5. The molecule has 0 aromatic carbocycles. The molecule has 1 aliphatic rings. The fourth-order valence-corrected chi connectivity index (χ4v) is 2.68.